The number of carbonyl (C=O) groups excluding carboxylic acids is 1. The molecule has 2 atom stereocenters. The van der Waals surface area contributed by atoms with E-state index in [0.717, 1.165) is 22.2 Å². The molecule has 1 saturated heterocycles. The predicted molar refractivity (Wildman–Crippen MR) is 124 cm³/mol. The second-order valence-corrected chi connectivity index (χ2v) is 8.98. The normalized spacial score (nSPS) is 18.2. The maximum atomic E-state index is 13.2. The average Bonchev–Trinajstić information content (AvgIpc) is 2.85. The zero-order valence-corrected chi connectivity index (χ0v) is 19.6. The Hall–Kier alpha value is -3.34. The van der Waals surface area contributed by atoms with Crippen LogP contribution in [-0.4, -0.2) is 56.6 Å². The summed E-state index contributed by atoms with van der Waals surface area (Å²) in [6, 6.07) is 11.8. The van der Waals surface area contributed by atoms with E-state index in [0.29, 0.717) is 25.2 Å². The molecule has 11 heteroatoms. The van der Waals surface area contributed by atoms with E-state index in [2.05, 4.69) is 15.0 Å². The standard InChI is InChI=1S/C24H23F3N4O3S/c1-16-7-8-18(34-21-13-17(9-12-28-21)33-15-24(25,26)27)14-31(16)23(32)35-20-6-3-2-5-19(20)22-29-10-4-11-30-22/h2-6,9-13,16,18H,7-8,14-15H2,1H3/t16-,18-/m1/s1. The molecule has 3 heterocycles. The Balaban J connectivity index is 1.42. The van der Waals surface area contributed by atoms with Gasteiger partial charge in [0.15, 0.2) is 12.4 Å². The Morgan fingerprint density at radius 2 is 1.86 bits per heavy atom. The molecule has 1 fully saturated rings. The van der Waals surface area contributed by atoms with Crippen LogP contribution in [0.4, 0.5) is 18.0 Å². The molecule has 184 valence electrons. The van der Waals surface area contributed by atoms with E-state index < -0.39 is 12.8 Å². The summed E-state index contributed by atoms with van der Waals surface area (Å²) in [5.41, 5.74) is 0.767. The fourth-order valence-electron chi connectivity index (χ4n) is 3.64. The van der Waals surface area contributed by atoms with E-state index in [1.165, 1.54) is 18.3 Å². The molecule has 0 aliphatic carbocycles. The van der Waals surface area contributed by atoms with Crippen molar-refractivity contribution < 1.29 is 27.4 Å². The predicted octanol–water partition coefficient (Wildman–Crippen LogP) is 5.62. The summed E-state index contributed by atoms with van der Waals surface area (Å²) in [5, 5.41) is -0.135. The number of halogens is 3. The molecule has 0 bridgehead atoms. The summed E-state index contributed by atoms with van der Waals surface area (Å²) in [7, 11) is 0. The van der Waals surface area contributed by atoms with Gasteiger partial charge in [-0.25, -0.2) is 15.0 Å². The van der Waals surface area contributed by atoms with Crippen LogP contribution in [0.5, 0.6) is 11.6 Å². The van der Waals surface area contributed by atoms with Crippen molar-refractivity contribution in [2.45, 2.75) is 43.0 Å². The molecule has 7 nitrogen and oxygen atoms in total. The number of hydrogen-bond acceptors (Lipinski definition) is 7. The molecular formula is C24H23F3N4O3S. The monoisotopic (exact) mass is 504 g/mol. The van der Waals surface area contributed by atoms with E-state index in [9.17, 15) is 18.0 Å². The first kappa shape index (κ1) is 24.8. The first-order chi connectivity index (χ1) is 16.8. The molecule has 0 saturated carbocycles. The molecule has 0 radical (unpaired) electrons. The lowest BCUT2D eigenvalue weighted by molar-refractivity contribution is -0.153. The molecule has 1 aromatic carbocycles. The van der Waals surface area contributed by atoms with E-state index in [1.54, 1.807) is 23.4 Å². The summed E-state index contributed by atoms with van der Waals surface area (Å²) in [5.74, 6) is 0.700. The van der Waals surface area contributed by atoms with Gasteiger partial charge in [-0.1, -0.05) is 18.2 Å². The highest BCUT2D eigenvalue weighted by Crippen LogP contribution is 2.33. The second-order valence-electron chi connectivity index (χ2n) is 7.99. The quantitative estimate of drug-likeness (QED) is 0.403. The summed E-state index contributed by atoms with van der Waals surface area (Å²) in [4.78, 5) is 28.4. The maximum Gasteiger partial charge on any atom is 0.422 e. The number of amides is 1. The van der Waals surface area contributed by atoms with Crippen LogP contribution in [0.2, 0.25) is 0 Å². The minimum Gasteiger partial charge on any atom is -0.484 e. The van der Waals surface area contributed by atoms with Gasteiger partial charge in [-0.15, -0.1) is 0 Å². The third-order valence-corrected chi connectivity index (χ3v) is 6.35. The van der Waals surface area contributed by atoms with Crippen molar-refractivity contribution >= 4 is 17.0 Å². The van der Waals surface area contributed by atoms with E-state index in [1.807, 2.05) is 31.2 Å². The van der Waals surface area contributed by atoms with Crippen LogP contribution in [0, 0.1) is 0 Å². The van der Waals surface area contributed by atoms with Gasteiger partial charge in [0, 0.05) is 41.2 Å². The number of nitrogens with zero attached hydrogens (tertiary/aromatic N) is 4. The Morgan fingerprint density at radius 1 is 1.09 bits per heavy atom. The zero-order valence-electron chi connectivity index (χ0n) is 18.8. The highest BCUT2D eigenvalue weighted by molar-refractivity contribution is 8.13. The summed E-state index contributed by atoms with van der Waals surface area (Å²) >= 11 is 1.10. The first-order valence-corrected chi connectivity index (χ1v) is 11.8. The fraction of sp³-hybridized carbons (Fsp3) is 0.333. The number of likely N-dealkylation sites (tertiary alicyclic amines) is 1. The lowest BCUT2D eigenvalue weighted by Crippen LogP contribution is -2.47. The number of ether oxygens (including phenoxy) is 2. The molecule has 3 aromatic rings. The zero-order chi connectivity index (χ0) is 24.8. The van der Waals surface area contributed by atoms with Crippen molar-refractivity contribution in [3.63, 3.8) is 0 Å². The minimum absolute atomic E-state index is 0.00407. The Bertz CT molecular complexity index is 1150. The van der Waals surface area contributed by atoms with Crippen LogP contribution >= 0.6 is 11.8 Å². The van der Waals surface area contributed by atoms with Gasteiger partial charge in [0.2, 0.25) is 5.88 Å². The Kier molecular flexibility index (Phi) is 7.74. The smallest absolute Gasteiger partial charge is 0.422 e. The highest BCUT2D eigenvalue weighted by Gasteiger charge is 2.32. The fourth-order valence-corrected chi connectivity index (χ4v) is 4.61. The molecular weight excluding hydrogens is 481 g/mol. The van der Waals surface area contributed by atoms with Crippen LogP contribution < -0.4 is 9.47 Å². The Labute approximate surface area is 204 Å². The molecule has 1 aliphatic heterocycles. The molecule has 1 amide bonds. The van der Waals surface area contributed by atoms with Crippen molar-refractivity contribution in [1.82, 2.24) is 19.9 Å². The molecule has 4 rings (SSSR count). The molecule has 0 spiro atoms. The molecule has 35 heavy (non-hydrogen) atoms. The third kappa shape index (κ3) is 6.84. The number of carbonyl (C=O) groups is 1. The number of alkyl halides is 3. The van der Waals surface area contributed by atoms with Gasteiger partial charge in [-0.3, -0.25) is 4.79 Å². The van der Waals surface area contributed by atoms with Crippen LogP contribution in [0.15, 0.2) is 66.0 Å². The van der Waals surface area contributed by atoms with Crippen molar-refractivity contribution in [2.24, 2.45) is 0 Å². The number of rotatable bonds is 6. The lowest BCUT2D eigenvalue weighted by atomic mass is 10.0. The van der Waals surface area contributed by atoms with Crippen molar-refractivity contribution in [2.75, 3.05) is 13.2 Å². The van der Waals surface area contributed by atoms with Gasteiger partial charge >= 0.3 is 6.18 Å². The maximum absolute atomic E-state index is 13.2. The number of aromatic nitrogens is 3. The molecule has 0 N–H and O–H groups in total. The van der Waals surface area contributed by atoms with E-state index >= 15 is 0 Å². The number of thioether (sulfide) groups is 1. The number of pyridine rings is 1. The van der Waals surface area contributed by atoms with Crippen LogP contribution in [0.1, 0.15) is 19.8 Å². The summed E-state index contributed by atoms with van der Waals surface area (Å²) < 4.78 is 48.0. The van der Waals surface area contributed by atoms with Gasteiger partial charge in [0.25, 0.3) is 5.24 Å². The second kappa shape index (κ2) is 10.9. The molecule has 1 aliphatic rings. The van der Waals surface area contributed by atoms with Crippen molar-refractivity contribution in [3.8, 4) is 23.0 Å². The summed E-state index contributed by atoms with van der Waals surface area (Å²) in [6.07, 6.45) is 1.23. The topological polar surface area (TPSA) is 77.4 Å². The average molecular weight is 505 g/mol. The number of hydrogen-bond donors (Lipinski definition) is 0. The van der Waals surface area contributed by atoms with Crippen LogP contribution in [-0.2, 0) is 0 Å². The van der Waals surface area contributed by atoms with E-state index in [-0.39, 0.29) is 29.0 Å². The van der Waals surface area contributed by atoms with Gasteiger partial charge in [-0.2, -0.15) is 13.2 Å². The van der Waals surface area contributed by atoms with Crippen LogP contribution in [0.3, 0.4) is 0 Å². The van der Waals surface area contributed by atoms with Gasteiger partial charge in [-0.05, 0) is 49.7 Å². The largest absolute Gasteiger partial charge is 0.484 e. The summed E-state index contributed by atoms with van der Waals surface area (Å²) in [6.45, 7) is 0.906. The highest BCUT2D eigenvalue weighted by atomic mass is 32.2. The van der Waals surface area contributed by atoms with Crippen molar-refractivity contribution in [3.05, 3.63) is 61.1 Å². The third-order valence-electron chi connectivity index (χ3n) is 5.36. The van der Waals surface area contributed by atoms with Crippen LogP contribution in [0.25, 0.3) is 11.4 Å². The lowest BCUT2D eigenvalue weighted by Gasteiger charge is -2.37. The van der Waals surface area contributed by atoms with E-state index in [4.69, 9.17) is 9.47 Å². The Morgan fingerprint density at radius 3 is 2.63 bits per heavy atom. The van der Waals surface area contributed by atoms with Gasteiger partial charge in [0.1, 0.15) is 11.9 Å². The number of benzene rings is 1. The molecule has 2 aromatic heterocycles. The first-order valence-electron chi connectivity index (χ1n) is 11.0. The molecule has 0 unspecified atom stereocenters. The van der Waals surface area contributed by atoms with Crippen molar-refractivity contribution in [1.29, 1.82) is 0 Å². The SMILES string of the molecule is C[C@@H]1CC[C@@H](Oc2cc(OCC(F)(F)F)ccn2)CN1C(=O)Sc1ccccc1-c1ncccn1. The van der Waals surface area contributed by atoms with Gasteiger partial charge in [0.05, 0.1) is 6.54 Å². The van der Waals surface area contributed by atoms with Gasteiger partial charge < -0.3 is 14.4 Å². The minimum atomic E-state index is -4.44. The number of piperidine rings is 1.